The highest BCUT2D eigenvalue weighted by atomic mass is 32.2. The number of aryl methyl sites for hydroxylation is 2. The molecule has 9 heteroatoms. The molecule has 0 radical (unpaired) electrons. The van der Waals surface area contributed by atoms with Crippen LogP contribution in [0.5, 0.6) is 5.75 Å². The smallest absolute Gasteiger partial charge is 0.265 e. The van der Waals surface area contributed by atoms with Crippen molar-refractivity contribution >= 4 is 27.6 Å². The molecule has 31 heavy (non-hydrogen) atoms. The summed E-state index contributed by atoms with van der Waals surface area (Å²) >= 11 is 0. The summed E-state index contributed by atoms with van der Waals surface area (Å²) in [6.07, 6.45) is 2.68. The standard InChI is InChI=1S/C22H24N4O4S/c1-4-20(30-18-9-6-15(2)16(3)14-18)21(27)25-17-7-10-19(11-8-17)31(28,29)26-22-23-12-5-13-24-22/h5-14,20H,4H2,1-3H3,(H,25,27)(H,23,24,26)/t20-/m0/s1. The Morgan fingerprint density at radius 2 is 1.71 bits per heavy atom. The van der Waals surface area contributed by atoms with Gasteiger partial charge in [0.05, 0.1) is 4.90 Å². The van der Waals surface area contributed by atoms with Gasteiger partial charge in [0.2, 0.25) is 5.95 Å². The third-order valence-electron chi connectivity index (χ3n) is 4.64. The van der Waals surface area contributed by atoms with Crippen LogP contribution in [0.1, 0.15) is 24.5 Å². The van der Waals surface area contributed by atoms with Gasteiger partial charge in [-0.15, -0.1) is 0 Å². The van der Waals surface area contributed by atoms with Crippen LogP contribution in [-0.2, 0) is 14.8 Å². The van der Waals surface area contributed by atoms with E-state index in [0.29, 0.717) is 17.9 Å². The van der Waals surface area contributed by atoms with Gasteiger partial charge in [0, 0.05) is 18.1 Å². The maximum absolute atomic E-state index is 12.6. The molecule has 3 rings (SSSR count). The zero-order chi connectivity index (χ0) is 22.4. The van der Waals surface area contributed by atoms with Gasteiger partial charge in [-0.1, -0.05) is 13.0 Å². The summed E-state index contributed by atoms with van der Waals surface area (Å²) in [5, 5.41) is 2.76. The predicted molar refractivity (Wildman–Crippen MR) is 119 cm³/mol. The second kappa shape index (κ2) is 9.57. The van der Waals surface area contributed by atoms with Crippen LogP contribution in [0, 0.1) is 13.8 Å². The lowest BCUT2D eigenvalue weighted by atomic mass is 10.1. The normalized spacial score (nSPS) is 12.1. The SMILES string of the molecule is CC[C@H](Oc1ccc(C)c(C)c1)C(=O)Nc1ccc(S(=O)(=O)Nc2ncccn2)cc1. The summed E-state index contributed by atoms with van der Waals surface area (Å²) in [6.45, 7) is 5.85. The van der Waals surface area contributed by atoms with Crippen LogP contribution in [-0.4, -0.2) is 30.4 Å². The molecular formula is C22H24N4O4S. The van der Waals surface area contributed by atoms with E-state index < -0.39 is 16.1 Å². The van der Waals surface area contributed by atoms with Crippen molar-refractivity contribution in [2.45, 2.75) is 38.2 Å². The fraction of sp³-hybridized carbons (Fsp3) is 0.227. The molecule has 1 amide bonds. The van der Waals surface area contributed by atoms with Crippen molar-refractivity contribution in [2.24, 2.45) is 0 Å². The molecule has 8 nitrogen and oxygen atoms in total. The molecule has 0 saturated carbocycles. The van der Waals surface area contributed by atoms with Crippen LogP contribution < -0.4 is 14.8 Å². The van der Waals surface area contributed by atoms with Gasteiger partial charge in [0.1, 0.15) is 5.75 Å². The van der Waals surface area contributed by atoms with Crippen LogP contribution in [0.2, 0.25) is 0 Å². The Labute approximate surface area is 181 Å². The number of carbonyl (C=O) groups excluding carboxylic acids is 1. The fourth-order valence-corrected chi connectivity index (χ4v) is 3.70. The van der Waals surface area contributed by atoms with Crippen molar-refractivity contribution in [3.8, 4) is 5.75 Å². The molecule has 0 fully saturated rings. The fourth-order valence-electron chi connectivity index (χ4n) is 2.74. The number of carbonyl (C=O) groups is 1. The van der Waals surface area contributed by atoms with Gasteiger partial charge in [0.15, 0.2) is 6.10 Å². The quantitative estimate of drug-likeness (QED) is 0.553. The van der Waals surface area contributed by atoms with Crippen molar-refractivity contribution in [3.63, 3.8) is 0 Å². The Hall–Kier alpha value is -3.46. The number of ether oxygens (including phenoxy) is 1. The second-order valence-electron chi connectivity index (χ2n) is 6.95. The van der Waals surface area contributed by atoms with Crippen LogP contribution >= 0.6 is 0 Å². The number of rotatable bonds is 8. The molecule has 0 aliphatic carbocycles. The second-order valence-corrected chi connectivity index (χ2v) is 8.63. The van der Waals surface area contributed by atoms with Gasteiger partial charge in [0.25, 0.3) is 15.9 Å². The molecule has 0 unspecified atom stereocenters. The summed E-state index contributed by atoms with van der Waals surface area (Å²) < 4.78 is 33.0. The number of hydrogen-bond donors (Lipinski definition) is 2. The van der Waals surface area contributed by atoms with Crippen molar-refractivity contribution in [1.29, 1.82) is 0 Å². The Morgan fingerprint density at radius 3 is 2.32 bits per heavy atom. The highest BCUT2D eigenvalue weighted by Gasteiger charge is 2.20. The monoisotopic (exact) mass is 440 g/mol. The van der Waals surface area contributed by atoms with E-state index in [4.69, 9.17) is 4.74 Å². The van der Waals surface area contributed by atoms with Crippen LogP contribution in [0.25, 0.3) is 0 Å². The summed E-state index contributed by atoms with van der Waals surface area (Å²) in [4.78, 5) is 20.4. The number of nitrogens with one attached hydrogen (secondary N) is 2. The summed E-state index contributed by atoms with van der Waals surface area (Å²) in [7, 11) is -3.84. The van der Waals surface area contributed by atoms with Crippen LogP contribution in [0.3, 0.4) is 0 Å². The average molecular weight is 441 g/mol. The Morgan fingerprint density at radius 1 is 1.03 bits per heavy atom. The maximum atomic E-state index is 12.6. The molecule has 3 aromatic rings. The molecule has 2 N–H and O–H groups in total. The number of benzene rings is 2. The number of nitrogens with zero attached hydrogens (tertiary/aromatic N) is 2. The highest BCUT2D eigenvalue weighted by Crippen LogP contribution is 2.20. The minimum Gasteiger partial charge on any atom is -0.481 e. The lowest BCUT2D eigenvalue weighted by Gasteiger charge is -2.18. The van der Waals surface area contributed by atoms with Crippen molar-refractivity contribution in [1.82, 2.24) is 9.97 Å². The van der Waals surface area contributed by atoms with E-state index in [1.165, 1.54) is 36.7 Å². The van der Waals surface area contributed by atoms with Gasteiger partial charge in [-0.2, -0.15) is 0 Å². The zero-order valence-electron chi connectivity index (χ0n) is 17.5. The van der Waals surface area contributed by atoms with Crippen molar-refractivity contribution < 1.29 is 17.9 Å². The van der Waals surface area contributed by atoms with Gasteiger partial charge in [-0.05, 0) is 73.9 Å². The van der Waals surface area contributed by atoms with Crippen LogP contribution in [0.4, 0.5) is 11.6 Å². The summed E-state index contributed by atoms with van der Waals surface area (Å²) in [5.74, 6) is 0.294. The Kier molecular flexibility index (Phi) is 6.86. The largest absolute Gasteiger partial charge is 0.481 e. The van der Waals surface area contributed by atoms with E-state index in [9.17, 15) is 13.2 Å². The first-order valence-corrected chi connectivity index (χ1v) is 11.2. The van der Waals surface area contributed by atoms with E-state index in [1.54, 1.807) is 6.07 Å². The molecule has 162 valence electrons. The van der Waals surface area contributed by atoms with E-state index >= 15 is 0 Å². The summed E-state index contributed by atoms with van der Waals surface area (Å²) in [6, 6.07) is 13.1. The first kappa shape index (κ1) is 22.2. The lowest BCUT2D eigenvalue weighted by molar-refractivity contribution is -0.122. The molecule has 0 aliphatic rings. The topological polar surface area (TPSA) is 110 Å². The molecular weight excluding hydrogens is 416 g/mol. The maximum Gasteiger partial charge on any atom is 0.265 e. The first-order chi connectivity index (χ1) is 14.8. The first-order valence-electron chi connectivity index (χ1n) is 9.73. The lowest BCUT2D eigenvalue weighted by Crippen LogP contribution is -2.32. The molecule has 1 aromatic heterocycles. The minimum absolute atomic E-state index is 0.0193. The molecule has 1 atom stereocenters. The van der Waals surface area contributed by atoms with Crippen molar-refractivity contribution in [3.05, 3.63) is 72.1 Å². The van der Waals surface area contributed by atoms with E-state index in [0.717, 1.165) is 11.1 Å². The minimum atomic E-state index is -3.84. The highest BCUT2D eigenvalue weighted by molar-refractivity contribution is 7.92. The van der Waals surface area contributed by atoms with Gasteiger partial charge in [-0.25, -0.2) is 23.1 Å². The number of aromatic nitrogens is 2. The van der Waals surface area contributed by atoms with Gasteiger partial charge < -0.3 is 10.1 Å². The van der Waals surface area contributed by atoms with Crippen LogP contribution in [0.15, 0.2) is 65.8 Å². The number of amides is 1. The average Bonchev–Trinajstić information content (AvgIpc) is 2.75. The molecule has 0 bridgehead atoms. The summed E-state index contributed by atoms with van der Waals surface area (Å²) in [5.41, 5.74) is 2.69. The number of sulfonamides is 1. The number of hydrogen-bond acceptors (Lipinski definition) is 6. The van der Waals surface area contributed by atoms with Gasteiger partial charge in [-0.3, -0.25) is 4.79 Å². The van der Waals surface area contributed by atoms with E-state index in [1.807, 2.05) is 39.0 Å². The van der Waals surface area contributed by atoms with E-state index in [-0.39, 0.29) is 16.8 Å². The Balaban J connectivity index is 1.66. The molecule has 2 aromatic carbocycles. The number of anilines is 2. The third-order valence-corrected chi connectivity index (χ3v) is 5.99. The predicted octanol–water partition coefficient (Wildman–Crippen LogP) is 3.69. The molecule has 1 heterocycles. The molecule has 0 aliphatic heterocycles. The molecule has 0 spiro atoms. The Bertz CT molecular complexity index is 1150. The van der Waals surface area contributed by atoms with Gasteiger partial charge >= 0.3 is 0 Å². The van der Waals surface area contributed by atoms with Crippen molar-refractivity contribution in [2.75, 3.05) is 10.0 Å². The van der Waals surface area contributed by atoms with E-state index in [2.05, 4.69) is 20.0 Å². The zero-order valence-corrected chi connectivity index (χ0v) is 18.3. The third kappa shape index (κ3) is 5.79. The molecule has 0 saturated heterocycles.